The predicted molar refractivity (Wildman–Crippen MR) is 86.0 cm³/mol. The summed E-state index contributed by atoms with van der Waals surface area (Å²) < 4.78 is 39.4. The summed E-state index contributed by atoms with van der Waals surface area (Å²) in [7, 11) is -3.90. The highest BCUT2D eigenvalue weighted by Gasteiger charge is 2.22. The van der Waals surface area contributed by atoms with Crippen molar-refractivity contribution in [3.05, 3.63) is 59.9 Å². The zero-order valence-electron chi connectivity index (χ0n) is 12.7. The Hall–Kier alpha value is -2.25. The maximum absolute atomic E-state index is 12.9. The number of anilines is 1. The number of hydrogen-bond acceptors (Lipinski definition) is 3. The Morgan fingerprint density at radius 3 is 2.17 bits per heavy atom. The molecule has 0 saturated heterocycles. The van der Waals surface area contributed by atoms with Crippen molar-refractivity contribution in [2.24, 2.45) is 0 Å². The fourth-order valence-electron chi connectivity index (χ4n) is 1.86. The van der Waals surface area contributed by atoms with Crippen molar-refractivity contribution < 1.29 is 17.6 Å². The van der Waals surface area contributed by atoms with Gasteiger partial charge >= 0.3 is 0 Å². The van der Waals surface area contributed by atoms with Crippen LogP contribution in [0.2, 0.25) is 0 Å². The topological polar surface area (TPSA) is 75.3 Å². The Labute approximate surface area is 134 Å². The molecule has 0 unspecified atom stereocenters. The van der Waals surface area contributed by atoms with Crippen molar-refractivity contribution in [1.29, 1.82) is 0 Å². The van der Waals surface area contributed by atoms with E-state index in [0.717, 1.165) is 29.8 Å². The first kappa shape index (κ1) is 17.1. The van der Waals surface area contributed by atoms with Crippen LogP contribution in [0.5, 0.6) is 0 Å². The number of nitrogens with one attached hydrogen (secondary N) is 2. The molecule has 0 aliphatic heterocycles. The molecule has 0 radical (unpaired) electrons. The summed E-state index contributed by atoms with van der Waals surface area (Å²) in [6, 6.07) is 10.5. The molecule has 7 heteroatoms. The van der Waals surface area contributed by atoms with Gasteiger partial charge in [-0.2, -0.15) is 4.72 Å². The molecule has 2 aromatic rings. The van der Waals surface area contributed by atoms with Gasteiger partial charge in [0, 0.05) is 5.69 Å². The Bertz CT molecular complexity index is 787. The Morgan fingerprint density at radius 2 is 1.61 bits per heavy atom. The van der Waals surface area contributed by atoms with E-state index in [1.807, 2.05) is 19.1 Å². The molecule has 1 atom stereocenters. The number of benzene rings is 2. The zero-order valence-corrected chi connectivity index (χ0v) is 13.5. The second-order valence-corrected chi connectivity index (χ2v) is 6.87. The van der Waals surface area contributed by atoms with Gasteiger partial charge in [-0.05, 0) is 50.2 Å². The van der Waals surface area contributed by atoms with E-state index in [2.05, 4.69) is 10.0 Å². The molecule has 0 aliphatic rings. The normalized spacial score (nSPS) is 12.7. The van der Waals surface area contributed by atoms with Crippen LogP contribution in [0.25, 0.3) is 0 Å². The summed E-state index contributed by atoms with van der Waals surface area (Å²) in [4.78, 5) is 12.0. The summed E-state index contributed by atoms with van der Waals surface area (Å²) in [5, 5.41) is 2.63. The van der Waals surface area contributed by atoms with Gasteiger partial charge in [-0.1, -0.05) is 17.7 Å². The summed E-state index contributed by atoms with van der Waals surface area (Å²) in [6.45, 7) is 3.36. The first-order valence-electron chi connectivity index (χ1n) is 6.93. The monoisotopic (exact) mass is 336 g/mol. The van der Waals surface area contributed by atoms with Crippen LogP contribution >= 0.6 is 0 Å². The van der Waals surface area contributed by atoms with Crippen LogP contribution in [0.15, 0.2) is 53.4 Å². The van der Waals surface area contributed by atoms with Crippen LogP contribution in [0.3, 0.4) is 0 Å². The first-order valence-corrected chi connectivity index (χ1v) is 8.42. The second kappa shape index (κ2) is 6.89. The molecule has 0 heterocycles. The zero-order chi connectivity index (χ0) is 17.0. The summed E-state index contributed by atoms with van der Waals surface area (Å²) in [5.74, 6) is -1.02. The molecule has 0 saturated carbocycles. The molecular formula is C16H17FN2O3S. The molecule has 0 bridgehead atoms. The molecule has 0 fully saturated rings. The van der Waals surface area contributed by atoms with Gasteiger partial charge in [0.1, 0.15) is 5.82 Å². The minimum Gasteiger partial charge on any atom is -0.325 e. The fourth-order valence-corrected chi connectivity index (χ4v) is 3.06. The van der Waals surface area contributed by atoms with Gasteiger partial charge in [0.25, 0.3) is 0 Å². The standard InChI is InChI=1S/C16H17FN2O3S/c1-11-3-7-14(8-4-11)18-16(20)12(2)19-23(21,22)15-9-5-13(17)6-10-15/h3-10,12,19H,1-2H3,(H,18,20)/t12-/m0/s1. The van der Waals surface area contributed by atoms with E-state index in [4.69, 9.17) is 0 Å². The van der Waals surface area contributed by atoms with Gasteiger partial charge in [-0.3, -0.25) is 4.79 Å². The van der Waals surface area contributed by atoms with Gasteiger partial charge in [0.15, 0.2) is 0 Å². The molecule has 0 aromatic heterocycles. The van der Waals surface area contributed by atoms with E-state index in [1.54, 1.807) is 12.1 Å². The highest BCUT2D eigenvalue weighted by molar-refractivity contribution is 7.89. The average molecular weight is 336 g/mol. The highest BCUT2D eigenvalue weighted by atomic mass is 32.2. The van der Waals surface area contributed by atoms with Crippen LogP contribution < -0.4 is 10.0 Å². The summed E-state index contributed by atoms with van der Waals surface area (Å²) >= 11 is 0. The molecule has 122 valence electrons. The lowest BCUT2D eigenvalue weighted by molar-refractivity contribution is -0.117. The summed E-state index contributed by atoms with van der Waals surface area (Å²) in [6.07, 6.45) is 0. The quantitative estimate of drug-likeness (QED) is 0.880. The third-order valence-corrected chi connectivity index (χ3v) is 4.72. The van der Waals surface area contributed by atoms with Crippen LogP contribution in [0.1, 0.15) is 12.5 Å². The van der Waals surface area contributed by atoms with Crippen molar-refractivity contribution in [1.82, 2.24) is 4.72 Å². The predicted octanol–water partition coefficient (Wildman–Crippen LogP) is 2.44. The lowest BCUT2D eigenvalue weighted by Gasteiger charge is -2.14. The minimum absolute atomic E-state index is 0.103. The van der Waals surface area contributed by atoms with E-state index >= 15 is 0 Å². The molecule has 1 amide bonds. The number of rotatable bonds is 5. The molecule has 2 N–H and O–H groups in total. The molecule has 2 rings (SSSR count). The van der Waals surface area contributed by atoms with Gasteiger partial charge in [-0.15, -0.1) is 0 Å². The van der Waals surface area contributed by atoms with Gasteiger partial charge in [0.2, 0.25) is 15.9 Å². The van der Waals surface area contributed by atoms with Gasteiger partial charge in [0.05, 0.1) is 10.9 Å². The highest BCUT2D eigenvalue weighted by Crippen LogP contribution is 2.12. The van der Waals surface area contributed by atoms with Gasteiger partial charge in [-0.25, -0.2) is 12.8 Å². The number of carbonyl (C=O) groups is 1. The number of carbonyl (C=O) groups excluding carboxylic acids is 1. The second-order valence-electron chi connectivity index (χ2n) is 5.15. The summed E-state index contributed by atoms with van der Waals surface area (Å²) in [5.41, 5.74) is 1.63. The smallest absolute Gasteiger partial charge is 0.242 e. The molecular weight excluding hydrogens is 319 g/mol. The van der Waals surface area contributed by atoms with Crippen molar-refractivity contribution in [3.8, 4) is 0 Å². The number of halogens is 1. The molecule has 0 aliphatic carbocycles. The first-order chi connectivity index (χ1) is 10.8. The third kappa shape index (κ3) is 4.61. The number of aryl methyl sites for hydroxylation is 1. The number of amides is 1. The van der Waals surface area contributed by atoms with Crippen molar-refractivity contribution >= 4 is 21.6 Å². The Morgan fingerprint density at radius 1 is 1.04 bits per heavy atom. The molecule has 23 heavy (non-hydrogen) atoms. The van der Waals surface area contributed by atoms with Crippen LogP contribution in [-0.4, -0.2) is 20.4 Å². The van der Waals surface area contributed by atoms with E-state index in [9.17, 15) is 17.6 Å². The lowest BCUT2D eigenvalue weighted by Crippen LogP contribution is -2.41. The SMILES string of the molecule is Cc1ccc(NC(=O)[C@H](C)NS(=O)(=O)c2ccc(F)cc2)cc1. The minimum atomic E-state index is -3.90. The molecule has 0 spiro atoms. The Kier molecular flexibility index (Phi) is 5.12. The number of sulfonamides is 1. The van der Waals surface area contributed by atoms with Crippen molar-refractivity contribution in [3.63, 3.8) is 0 Å². The van der Waals surface area contributed by atoms with E-state index < -0.39 is 27.8 Å². The van der Waals surface area contributed by atoms with Crippen LogP contribution in [0.4, 0.5) is 10.1 Å². The lowest BCUT2D eigenvalue weighted by atomic mass is 10.2. The van der Waals surface area contributed by atoms with Gasteiger partial charge < -0.3 is 5.32 Å². The molecule has 2 aromatic carbocycles. The maximum Gasteiger partial charge on any atom is 0.242 e. The molecule has 5 nitrogen and oxygen atoms in total. The van der Waals surface area contributed by atoms with Crippen molar-refractivity contribution in [2.45, 2.75) is 24.8 Å². The van der Waals surface area contributed by atoms with E-state index in [1.165, 1.54) is 6.92 Å². The van der Waals surface area contributed by atoms with E-state index in [-0.39, 0.29) is 4.90 Å². The van der Waals surface area contributed by atoms with Crippen molar-refractivity contribution in [2.75, 3.05) is 5.32 Å². The largest absolute Gasteiger partial charge is 0.325 e. The maximum atomic E-state index is 12.9. The number of hydrogen-bond donors (Lipinski definition) is 2. The van der Waals surface area contributed by atoms with Crippen LogP contribution in [0, 0.1) is 12.7 Å². The third-order valence-electron chi connectivity index (χ3n) is 3.17. The average Bonchev–Trinajstić information content (AvgIpc) is 2.49. The van der Waals surface area contributed by atoms with Crippen LogP contribution in [-0.2, 0) is 14.8 Å². The Balaban J connectivity index is 2.05. The van der Waals surface area contributed by atoms with E-state index in [0.29, 0.717) is 5.69 Å². The fraction of sp³-hybridized carbons (Fsp3) is 0.188.